The largest absolute Gasteiger partial charge is 0.369 e. The summed E-state index contributed by atoms with van der Waals surface area (Å²) >= 11 is 6.33. The first-order valence-electron chi connectivity index (χ1n) is 11.3. The minimum absolute atomic E-state index is 0.734. The lowest BCUT2D eigenvalue weighted by Gasteiger charge is -2.29. The first-order valence-corrected chi connectivity index (χ1v) is 11.6. The smallest absolute Gasteiger partial charge is 0.137 e. The zero-order chi connectivity index (χ0) is 22.4. The minimum atomic E-state index is 0.734. The predicted octanol–water partition coefficient (Wildman–Crippen LogP) is 5.59. The Labute approximate surface area is 197 Å². The second-order valence-electron chi connectivity index (χ2n) is 8.50. The summed E-state index contributed by atoms with van der Waals surface area (Å²) in [5.41, 5.74) is 8.62. The Morgan fingerprint density at radius 1 is 0.909 bits per heavy atom. The number of anilines is 1. The zero-order valence-corrected chi connectivity index (χ0v) is 19.2. The first-order chi connectivity index (χ1) is 16.2. The number of imidazole rings is 1. The van der Waals surface area contributed by atoms with Gasteiger partial charge in [-0.05, 0) is 60.0 Å². The van der Waals surface area contributed by atoms with Crippen LogP contribution in [0.4, 0.5) is 5.69 Å². The number of halogens is 1. The second kappa shape index (κ2) is 8.18. The van der Waals surface area contributed by atoms with Crippen LogP contribution in [-0.2, 0) is 0 Å². The molecule has 0 amide bonds. The first kappa shape index (κ1) is 20.2. The maximum Gasteiger partial charge on any atom is 0.137 e. The maximum atomic E-state index is 6.33. The number of nitrogens with zero attached hydrogens (tertiary/aromatic N) is 4. The molecule has 2 aromatic carbocycles. The van der Waals surface area contributed by atoms with E-state index in [0.717, 1.165) is 70.1 Å². The lowest BCUT2D eigenvalue weighted by Crippen LogP contribution is -2.43. The van der Waals surface area contributed by atoms with Crippen LogP contribution in [0, 0.1) is 6.92 Å². The number of aromatic nitrogens is 3. The molecule has 0 bridgehead atoms. The fraction of sp³-hybridized carbons (Fsp3) is 0.185. The molecule has 0 saturated carbocycles. The van der Waals surface area contributed by atoms with Crippen molar-refractivity contribution in [2.75, 3.05) is 31.1 Å². The number of fused-ring (bicyclic) bond motifs is 2. The van der Waals surface area contributed by atoms with E-state index >= 15 is 0 Å². The van der Waals surface area contributed by atoms with Crippen molar-refractivity contribution in [2.24, 2.45) is 0 Å². The number of aryl methyl sites for hydroxylation is 1. The molecule has 0 atom stereocenters. The molecule has 5 aromatic rings. The van der Waals surface area contributed by atoms with E-state index in [4.69, 9.17) is 16.6 Å². The predicted molar refractivity (Wildman–Crippen MR) is 136 cm³/mol. The van der Waals surface area contributed by atoms with Crippen molar-refractivity contribution in [3.05, 3.63) is 83.8 Å². The SMILES string of the molecule is Cc1c(Cl)ccc2c(-c3cnc4cc(-c5ccc(N6CCNCC6)cc5)ccn34)ccnc12. The van der Waals surface area contributed by atoms with Gasteiger partial charge in [0.05, 0.1) is 17.4 Å². The highest BCUT2D eigenvalue weighted by Gasteiger charge is 2.14. The lowest BCUT2D eigenvalue weighted by atomic mass is 10.0. The molecule has 3 aromatic heterocycles. The van der Waals surface area contributed by atoms with Gasteiger partial charge in [-0.1, -0.05) is 29.8 Å². The van der Waals surface area contributed by atoms with E-state index in [0.29, 0.717) is 0 Å². The van der Waals surface area contributed by atoms with Crippen LogP contribution in [0.25, 0.3) is 38.9 Å². The molecular formula is C27H24ClN5. The van der Waals surface area contributed by atoms with Crippen molar-refractivity contribution in [2.45, 2.75) is 6.92 Å². The van der Waals surface area contributed by atoms with Gasteiger partial charge in [-0.15, -0.1) is 0 Å². The highest BCUT2D eigenvalue weighted by molar-refractivity contribution is 6.32. The number of hydrogen-bond acceptors (Lipinski definition) is 4. The van der Waals surface area contributed by atoms with Gasteiger partial charge in [-0.2, -0.15) is 0 Å². The third-order valence-corrected chi connectivity index (χ3v) is 6.98. The molecule has 1 N–H and O–H groups in total. The summed E-state index contributed by atoms with van der Waals surface area (Å²) in [4.78, 5) is 11.7. The second-order valence-corrected chi connectivity index (χ2v) is 8.91. The Morgan fingerprint density at radius 2 is 1.73 bits per heavy atom. The molecule has 0 aliphatic carbocycles. The molecule has 0 radical (unpaired) electrons. The van der Waals surface area contributed by atoms with Crippen molar-refractivity contribution in [3.8, 4) is 22.4 Å². The third kappa shape index (κ3) is 3.54. The average Bonchev–Trinajstić information content (AvgIpc) is 3.30. The summed E-state index contributed by atoms with van der Waals surface area (Å²) in [6.45, 7) is 6.20. The van der Waals surface area contributed by atoms with Gasteiger partial charge in [0.2, 0.25) is 0 Å². The van der Waals surface area contributed by atoms with E-state index in [1.54, 1.807) is 0 Å². The van der Waals surface area contributed by atoms with Crippen LogP contribution in [0.2, 0.25) is 5.02 Å². The van der Waals surface area contributed by atoms with E-state index in [2.05, 4.69) is 62.2 Å². The highest BCUT2D eigenvalue weighted by atomic mass is 35.5. The summed E-state index contributed by atoms with van der Waals surface area (Å²) in [7, 11) is 0. The number of benzene rings is 2. The Morgan fingerprint density at radius 3 is 2.55 bits per heavy atom. The number of nitrogens with one attached hydrogen (secondary N) is 1. The van der Waals surface area contributed by atoms with Gasteiger partial charge in [-0.25, -0.2) is 4.98 Å². The van der Waals surface area contributed by atoms with Crippen molar-refractivity contribution < 1.29 is 0 Å². The van der Waals surface area contributed by atoms with Crippen LogP contribution in [0.15, 0.2) is 73.2 Å². The molecule has 1 fully saturated rings. The van der Waals surface area contributed by atoms with Gasteiger partial charge in [0.25, 0.3) is 0 Å². The molecule has 4 heterocycles. The van der Waals surface area contributed by atoms with Crippen LogP contribution < -0.4 is 10.2 Å². The van der Waals surface area contributed by atoms with Gasteiger partial charge in [0.15, 0.2) is 0 Å². The molecule has 1 aliphatic rings. The molecule has 33 heavy (non-hydrogen) atoms. The van der Waals surface area contributed by atoms with Crippen LogP contribution in [0.3, 0.4) is 0 Å². The molecule has 6 rings (SSSR count). The molecule has 0 unspecified atom stereocenters. The number of pyridine rings is 2. The van der Waals surface area contributed by atoms with Gasteiger partial charge >= 0.3 is 0 Å². The Kier molecular flexibility index (Phi) is 5.01. The summed E-state index contributed by atoms with van der Waals surface area (Å²) in [6, 6.07) is 19.2. The van der Waals surface area contributed by atoms with Crippen molar-refractivity contribution in [3.63, 3.8) is 0 Å². The molecule has 5 nitrogen and oxygen atoms in total. The fourth-order valence-electron chi connectivity index (χ4n) is 4.71. The normalized spacial score (nSPS) is 14.3. The van der Waals surface area contributed by atoms with Gasteiger partial charge in [-0.3, -0.25) is 9.38 Å². The Bertz CT molecular complexity index is 1470. The number of hydrogen-bond donors (Lipinski definition) is 1. The van der Waals surface area contributed by atoms with Crippen LogP contribution in [0.1, 0.15) is 5.56 Å². The molecule has 6 heteroatoms. The Balaban J connectivity index is 1.37. The standard InChI is InChI=1S/C27H24ClN5/c1-18-24(28)7-6-23-22(8-10-30-27(18)23)25-17-31-26-16-20(9-13-33(25)26)19-2-4-21(5-3-19)32-14-11-29-12-15-32/h2-10,13,16-17,29H,11-12,14-15H2,1H3. The minimum Gasteiger partial charge on any atom is -0.369 e. The number of piperazine rings is 1. The molecule has 1 saturated heterocycles. The quantitative estimate of drug-likeness (QED) is 0.387. The highest BCUT2D eigenvalue weighted by Crippen LogP contribution is 2.33. The van der Waals surface area contributed by atoms with E-state index in [9.17, 15) is 0 Å². The van der Waals surface area contributed by atoms with Crippen LogP contribution >= 0.6 is 11.6 Å². The van der Waals surface area contributed by atoms with Gasteiger partial charge in [0, 0.05) is 60.2 Å². The summed E-state index contributed by atoms with van der Waals surface area (Å²) in [5, 5.41) is 5.22. The molecule has 164 valence electrons. The average molecular weight is 454 g/mol. The zero-order valence-electron chi connectivity index (χ0n) is 18.4. The van der Waals surface area contributed by atoms with Crippen molar-refractivity contribution in [1.29, 1.82) is 0 Å². The van der Waals surface area contributed by atoms with E-state index < -0.39 is 0 Å². The lowest BCUT2D eigenvalue weighted by molar-refractivity contribution is 0.589. The van der Waals surface area contributed by atoms with Crippen LogP contribution in [0.5, 0.6) is 0 Å². The van der Waals surface area contributed by atoms with Crippen molar-refractivity contribution >= 4 is 33.8 Å². The topological polar surface area (TPSA) is 45.5 Å². The third-order valence-electron chi connectivity index (χ3n) is 6.57. The maximum absolute atomic E-state index is 6.33. The summed E-state index contributed by atoms with van der Waals surface area (Å²) in [5.74, 6) is 0. The monoisotopic (exact) mass is 453 g/mol. The number of rotatable bonds is 3. The van der Waals surface area contributed by atoms with E-state index in [-0.39, 0.29) is 0 Å². The molecule has 0 spiro atoms. The van der Waals surface area contributed by atoms with Crippen molar-refractivity contribution in [1.82, 2.24) is 19.7 Å². The molecular weight excluding hydrogens is 430 g/mol. The Hall–Kier alpha value is -3.41. The summed E-state index contributed by atoms with van der Waals surface area (Å²) < 4.78 is 2.14. The summed E-state index contributed by atoms with van der Waals surface area (Å²) in [6.07, 6.45) is 5.88. The van der Waals surface area contributed by atoms with Gasteiger partial charge in [0.1, 0.15) is 5.65 Å². The van der Waals surface area contributed by atoms with Crippen LogP contribution in [-0.4, -0.2) is 40.5 Å². The van der Waals surface area contributed by atoms with E-state index in [1.165, 1.54) is 11.3 Å². The van der Waals surface area contributed by atoms with Gasteiger partial charge < -0.3 is 10.2 Å². The molecule has 1 aliphatic heterocycles. The van der Waals surface area contributed by atoms with E-state index in [1.807, 2.05) is 37.5 Å². The fourth-order valence-corrected chi connectivity index (χ4v) is 4.86.